The molecule has 3 rings (SSSR count). The SMILES string of the molecule is O=C(COC(=O)c1cc2c(s1)CCCCCC2)NC1CCS(=O)(=O)C1. The molecule has 25 heavy (non-hydrogen) atoms. The summed E-state index contributed by atoms with van der Waals surface area (Å²) in [5, 5.41) is 2.61. The number of sulfone groups is 1. The minimum Gasteiger partial charge on any atom is -0.451 e. The van der Waals surface area contributed by atoms with E-state index in [2.05, 4.69) is 5.32 Å². The van der Waals surface area contributed by atoms with Crippen LogP contribution in [0.5, 0.6) is 0 Å². The molecule has 1 N–H and O–H groups in total. The largest absolute Gasteiger partial charge is 0.451 e. The van der Waals surface area contributed by atoms with E-state index >= 15 is 0 Å². The smallest absolute Gasteiger partial charge is 0.348 e. The molecule has 2 aliphatic rings. The maximum Gasteiger partial charge on any atom is 0.348 e. The van der Waals surface area contributed by atoms with Gasteiger partial charge in [-0.1, -0.05) is 12.8 Å². The van der Waals surface area contributed by atoms with Crippen molar-refractivity contribution in [2.45, 2.75) is 51.0 Å². The van der Waals surface area contributed by atoms with Crippen LogP contribution in [-0.4, -0.2) is 44.4 Å². The van der Waals surface area contributed by atoms with Crippen LogP contribution in [0.25, 0.3) is 0 Å². The van der Waals surface area contributed by atoms with Crippen LogP contribution in [0, 0.1) is 0 Å². The Morgan fingerprint density at radius 2 is 1.96 bits per heavy atom. The van der Waals surface area contributed by atoms with Crippen molar-refractivity contribution in [3.63, 3.8) is 0 Å². The van der Waals surface area contributed by atoms with Crippen LogP contribution in [0.2, 0.25) is 0 Å². The molecule has 0 radical (unpaired) electrons. The summed E-state index contributed by atoms with van der Waals surface area (Å²) in [5.41, 5.74) is 1.23. The standard InChI is InChI=1S/C17H23NO5S2/c19-16(18-13-7-8-25(21,22)11-13)10-23-17(20)15-9-12-5-3-1-2-4-6-14(12)24-15/h9,13H,1-8,10-11H2,(H,18,19). The monoisotopic (exact) mass is 385 g/mol. The quantitative estimate of drug-likeness (QED) is 0.799. The van der Waals surface area contributed by atoms with Crippen molar-refractivity contribution in [1.82, 2.24) is 5.32 Å². The van der Waals surface area contributed by atoms with Gasteiger partial charge in [0.2, 0.25) is 0 Å². The number of nitrogens with one attached hydrogen (secondary N) is 1. The zero-order valence-electron chi connectivity index (χ0n) is 14.1. The van der Waals surface area contributed by atoms with E-state index < -0.39 is 21.7 Å². The van der Waals surface area contributed by atoms with Crippen molar-refractivity contribution < 1.29 is 22.7 Å². The van der Waals surface area contributed by atoms with E-state index in [-0.39, 0.29) is 24.2 Å². The Labute approximate surface area is 151 Å². The number of hydrogen-bond acceptors (Lipinski definition) is 6. The zero-order chi connectivity index (χ0) is 17.9. The van der Waals surface area contributed by atoms with Crippen LogP contribution in [0.4, 0.5) is 0 Å². The average molecular weight is 386 g/mol. The lowest BCUT2D eigenvalue weighted by Gasteiger charge is -2.10. The molecule has 2 heterocycles. The number of carbonyl (C=O) groups excluding carboxylic acids is 2. The number of ether oxygens (including phenoxy) is 1. The second kappa shape index (κ2) is 7.86. The minimum absolute atomic E-state index is 0.0374. The highest BCUT2D eigenvalue weighted by molar-refractivity contribution is 7.91. The maximum absolute atomic E-state index is 12.2. The van der Waals surface area contributed by atoms with Crippen molar-refractivity contribution in [1.29, 1.82) is 0 Å². The first-order valence-electron chi connectivity index (χ1n) is 8.71. The predicted molar refractivity (Wildman–Crippen MR) is 95.7 cm³/mol. The summed E-state index contributed by atoms with van der Waals surface area (Å²) in [5.74, 6) is -0.876. The van der Waals surface area contributed by atoms with Crippen LogP contribution in [-0.2, 0) is 32.2 Å². The van der Waals surface area contributed by atoms with Crippen molar-refractivity contribution in [2.24, 2.45) is 0 Å². The van der Waals surface area contributed by atoms with Gasteiger partial charge in [0.25, 0.3) is 5.91 Å². The lowest BCUT2D eigenvalue weighted by atomic mass is 10.00. The number of hydrogen-bond donors (Lipinski definition) is 1. The Hall–Kier alpha value is -1.41. The molecule has 8 heteroatoms. The lowest BCUT2D eigenvalue weighted by Crippen LogP contribution is -2.38. The van der Waals surface area contributed by atoms with Gasteiger partial charge in [0, 0.05) is 10.9 Å². The van der Waals surface area contributed by atoms with Crippen molar-refractivity contribution >= 4 is 33.1 Å². The number of carbonyl (C=O) groups is 2. The molecule has 0 bridgehead atoms. The highest BCUT2D eigenvalue weighted by atomic mass is 32.2. The molecular weight excluding hydrogens is 362 g/mol. The molecule has 1 fully saturated rings. The summed E-state index contributed by atoms with van der Waals surface area (Å²) >= 11 is 1.46. The van der Waals surface area contributed by atoms with Crippen LogP contribution in [0.1, 0.15) is 52.2 Å². The molecular formula is C17H23NO5S2. The summed E-state index contributed by atoms with van der Waals surface area (Å²) in [7, 11) is -3.04. The van der Waals surface area contributed by atoms with Gasteiger partial charge in [-0.25, -0.2) is 13.2 Å². The molecule has 0 saturated carbocycles. The molecule has 0 spiro atoms. The molecule has 1 aromatic heterocycles. The summed E-state index contributed by atoms with van der Waals surface area (Å²) in [6.07, 6.45) is 7.17. The van der Waals surface area contributed by atoms with E-state index in [1.807, 2.05) is 6.07 Å². The minimum atomic E-state index is -3.04. The van der Waals surface area contributed by atoms with Gasteiger partial charge in [0.15, 0.2) is 16.4 Å². The number of rotatable bonds is 4. The van der Waals surface area contributed by atoms with Gasteiger partial charge in [0.1, 0.15) is 4.88 Å². The van der Waals surface area contributed by atoms with Gasteiger partial charge in [-0.2, -0.15) is 0 Å². The summed E-state index contributed by atoms with van der Waals surface area (Å²) in [4.78, 5) is 25.8. The maximum atomic E-state index is 12.2. The van der Waals surface area contributed by atoms with Crippen molar-refractivity contribution in [3.8, 4) is 0 Å². The summed E-state index contributed by atoms with van der Waals surface area (Å²) in [6.45, 7) is -0.377. The molecule has 1 aliphatic carbocycles. The fourth-order valence-electron chi connectivity index (χ4n) is 3.33. The first-order chi connectivity index (χ1) is 11.9. The molecule has 138 valence electrons. The third kappa shape index (κ3) is 5.04. The molecule has 1 atom stereocenters. The van der Waals surface area contributed by atoms with Crippen LogP contribution in [0.3, 0.4) is 0 Å². The van der Waals surface area contributed by atoms with Gasteiger partial charge < -0.3 is 10.1 Å². The van der Waals surface area contributed by atoms with E-state index in [0.717, 1.165) is 25.7 Å². The van der Waals surface area contributed by atoms with E-state index in [9.17, 15) is 18.0 Å². The number of aryl methyl sites for hydroxylation is 2. The van der Waals surface area contributed by atoms with Gasteiger partial charge in [-0.05, 0) is 43.7 Å². The predicted octanol–water partition coefficient (Wildman–Crippen LogP) is 1.87. The van der Waals surface area contributed by atoms with Crippen LogP contribution >= 0.6 is 11.3 Å². The highest BCUT2D eigenvalue weighted by Crippen LogP contribution is 2.28. The first-order valence-corrected chi connectivity index (χ1v) is 11.4. The van der Waals surface area contributed by atoms with E-state index in [4.69, 9.17) is 4.74 Å². The molecule has 1 aromatic rings. The molecule has 6 nitrogen and oxygen atoms in total. The highest BCUT2D eigenvalue weighted by Gasteiger charge is 2.29. The van der Waals surface area contributed by atoms with Gasteiger partial charge >= 0.3 is 5.97 Å². The normalized spacial score (nSPS) is 22.5. The fraction of sp³-hybridized carbons (Fsp3) is 0.647. The topological polar surface area (TPSA) is 89.5 Å². The summed E-state index contributed by atoms with van der Waals surface area (Å²) < 4.78 is 27.9. The van der Waals surface area contributed by atoms with Crippen molar-refractivity contribution in [3.05, 3.63) is 21.4 Å². The Bertz CT molecular complexity index is 728. The Balaban J connectivity index is 1.50. The zero-order valence-corrected chi connectivity index (χ0v) is 15.7. The van der Waals surface area contributed by atoms with Gasteiger partial charge in [0.05, 0.1) is 11.5 Å². The molecule has 1 unspecified atom stereocenters. The Kier molecular flexibility index (Phi) is 5.78. The number of esters is 1. The van der Waals surface area contributed by atoms with E-state index in [1.165, 1.54) is 34.6 Å². The number of thiophene rings is 1. The fourth-order valence-corrected chi connectivity index (χ4v) is 6.15. The molecule has 1 saturated heterocycles. The number of amides is 1. The average Bonchev–Trinajstić information content (AvgIpc) is 3.08. The Morgan fingerprint density at radius 1 is 1.20 bits per heavy atom. The summed E-state index contributed by atoms with van der Waals surface area (Å²) in [6, 6.07) is 1.52. The van der Waals surface area contributed by atoms with Crippen molar-refractivity contribution in [2.75, 3.05) is 18.1 Å². The molecule has 0 aromatic carbocycles. The second-order valence-corrected chi connectivity index (χ2v) is 10.1. The van der Waals surface area contributed by atoms with Crippen LogP contribution < -0.4 is 5.32 Å². The molecule has 1 aliphatic heterocycles. The van der Waals surface area contributed by atoms with E-state index in [1.54, 1.807) is 0 Å². The third-order valence-electron chi connectivity index (χ3n) is 4.63. The van der Waals surface area contributed by atoms with E-state index in [0.29, 0.717) is 11.3 Å². The third-order valence-corrected chi connectivity index (χ3v) is 7.61. The second-order valence-electron chi connectivity index (χ2n) is 6.72. The Morgan fingerprint density at radius 3 is 2.68 bits per heavy atom. The molecule has 1 amide bonds. The first kappa shape index (κ1) is 18.4. The number of fused-ring (bicyclic) bond motifs is 1. The van der Waals surface area contributed by atoms with Crippen LogP contribution in [0.15, 0.2) is 6.07 Å². The van der Waals surface area contributed by atoms with Gasteiger partial charge in [-0.15, -0.1) is 11.3 Å². The lowest BCUT2D eigenvalue weighted by molar-refractivity contribution is -0.124. The van der Waals surface area contributed by atoms with Gasteiger partial charge in [-0.3, -0.25) is 4.79 Å².